The van der Waals surface area contributed by atoms with Crippen molar-refractivity contribution in [1.82, 2.24) is 39.3 Å². The number of aliphatic hydroxyl groups excluding tert-OH is 1. The third-order valence-electron chi connectivity index (χ3n) is 7.01. The van der Waals surface area contributed by atoms with E-state index < -0.39 is 11.8 Å². The zero-order chi connectivity index (χ0) is 25.1. The van der Waals surface area contributed by atoms with E-state index >= 15 is 0 Å². The van der Waals surface area contributed by atoms with Gasteiger partial charge in [0, 0.05) is 43.2 Å². The first kappa shape index (κ1) is 22.8. The van der Waals surface area contributed by atoms with Gasteiger partial charge >= 0.3 is 0 Å². The number of nitrogens with zero attached hydrogens (tertiary/aromatic N) is 8. The molecule has 1 unspecified atom stereocenters. The lowest BCUT2D eigenvalue weighted by atomic mass is 9.96. The third kappa shape index (κ3) is 4.47. The molecule has 0 radical (unpaired) electrons. The van der Waals surface area contributed by atoms with E-state index in [1.165, 1.54) is 24.8 Å². The summed E-state index contributed by atoms with van der Waals surface area (Å²) in [5, 5.41) is 33.4. The molecule has 4 N–H and O–H groups in total. The van der Waals surface area contributed by atoms with Crippen molar-refractivity contribution in [2.45, 2.75) is 56.4 Å². The highest BCUT2D eigenvalue weighted by molar-refractivity contribution is 8.12. The molecule has 7 rings (SSSR count). The molecule has 4 aliphatic rings. The second-order valence-corrected chi connectivity index (χ2v) is 11.3. The number of aromatic nitrogens is 6. The summed E-state index contributed by atoms with van der Waals surface area (Å²) in [6.07, 6.45) is 12.5. The minimum atomic E-state index is -1.10. The second-order valence-electron chi connectivity index (χ2n) is 10.4. The van der Waals surface area contributed by atoms with Crippen LogP contribution in [-0.2, 0) is 0 Å². The molecule has 13 heteroatoms. The quantitative estimate of drug-likeness (QED) is 0.256. The molecule has 37 heavy (non-hydrogen) atoms. The van der Waals surface area contributed by atoms with Gasteiger partial charge in [0.05, 0.1) is 47.1 Å². The fourth-order valence-electron chi connectivity index (χ4n) is 4.76. The van der Waals surface area contributed by atoms with Crippen LogP contribution in [0.5, 0.6) is 0 Å². The molecular formula is C24H28N10O2S. The van der Waals surface area contributed by atoms with Gasteiger partial charge in [-0.15, -0.1) is 10.2 Å². The summed E-state index contributed by atoms with van der Waals surface area (Å²) in [5.74, 6) is 1.71. The Morgan fingerprint density at radius 2 is 2.00 bits per heavy atom. The largest absolute Gasteiger partial charge is 0.386 e. The van der Waals surface area contributed by atoms with E-state index in [0.717, 1.165) is 29.9 Å². The lowest BCUT2D eigenvalue weighted by molar-refractivity contribution is 0.0310. The summed E-state index contributed by atoms with van der Waals surface area (Å²) in [5.41, 5.74) is 2.55. The standard InChI is InChI=1S/C24H28N10O2S/c1-24(36)10-33(11-24)19-7-25-16(6-18(19)32-9-17(26-12-32)14-2-3-14)22(35)29-20-8-28-37-23(30-20)21-31-27-13-34(21)15-4-5-15/h6-9,12-15,22,28-29,35-36H,2-5,10-11H2,1H3. The summed E-state index contributed by atoms with van der Waals surface area (Å²) < 4.78 is 7.15. The van der Waals surface area contributed by atoms with E-state index in [1.807, 2.05) is 28.5 Å². The lowest BCUT2D eigenvalue weighted by Crippen LogP contribution is -2.60. The Labute approximate surface area is 217 Å². The van der Waals surface area contributed by atoms with Crippen LogP contribution >= 0.6 is 11.9 Å². The van der Waals surface area contributed by atoms with E-state index in [1.54, 1.807) is 18.7 Å². The molecule has 5 heterocycles. The molecule has 3 fully saturated rings. The normalized spacial score (nSPS) is 21.5. The molecule has 192 valence electrons. The van der Waals surface area contributed by atoms with Crippen LogP contribution in [0.4, 0.5) is 5.69 Å². The smallest absolute Gasteiger partial charge is 0.191 e. The van der Waals surface area contributed by atoms with Crippen LogP contribution in [0.1, 0.15) is 68.0 Å². The Hall–Kier alpha value is -3.42. The molecule has 2 saturated carbocycles. The number of hydrogen-bond acceptors (Lipinski definition) is 11. The zero-order valence-electron chi connectivity index (χ0n) is 20.3. The van der Waals surface area contributed by atoms with Crippen molar-refractivity contribution in [2.24, 2.45) is 4.99 Å². The molecule has 2 aliphatic heterocycles. The highest BCUT2D eigenvalue weighted by Gasteiger charge is 2.38. The van der Waals surface area contributed by atoms with Gasteiger partial charge in [-0.25, -0.2) is 9.98 Å². The Balaban J connectivity index is 1.15. The predicted molar refractivity (Wildman–Crippen MR) is 138 cm³/mol. The van der Waals surface area contributed by atoms with E-state index in [4.69, 9.17) is 0 Å². The average molecular weight is 521 g/mol. The minimum Gasteiger partial charge on any atom is -0.386 e. The van der Waals surface area contributed by atoms with Gasteiger partial charge < -0.3 is 34.3 Å². The van der Waals surface area contributed by atoms with Crippen LogP contribution in [0.3, 0.4) is 0 Å². The molecule has 0 amide bonds. The maximum absolute atomic E-state index is 11.1. The summed E-state index contributed by atoms with van der Waals surface area (Å²) in [4.78, 5) is 15.9. The van der Waals surface area contributed by atoms with Crippen molar-refractivity contribution in [2.75, 3.05) is 18.0 Å². The van der Waals surface area contributed by atoms with Crippen LogP contribution in [0.15, 0.2) is 48.1 Å². The van der Waals surface area contributed by atoms with Crippen LogP contribution in [0, 0.1) is 0 Å². The Morgan fingerprint density at radius 3 is 2.76 bits per heavy atom. The molecule has 0 bridgehead atoms. The summed E-state index contributed by atoms with van der Waals surface area (Å²) in [7, 11) is 0. The number of hydrogen-bond donors (Lipinski definition) is 4. The first-order valence-electron chi connectivity index (χ1n) is 12.5. The molecular weight excluding hydrogens is 492 g/mol. The number of pyridine rings is 1. The molecule has 1 atom stereocenters. The number of nitrogens with one attached hydrogen (secondary N) is 2. The van der Waals surface area contributed by atoms with Crippen LogP contribution < -0.4 is 14.9 Å². The highest BCUT2D eigenvalue weighted by atomic mass is 32.2. The molecule has 0 spiro atoms. The Morgan fingerprint density at radius 1 is 1.16 bits per heavy atom. The van der Waals surface area contributed by atoms with Gasteiger partial charge in [-0.1, -0.05) is 0 Å². The number of β-amino-alcohol motifs (C(OH)–C–C–N with tert-alkyl or cyclic N) is 1. The Bertz CT molecular complexity index is 1400. The molecule has 3 aromatic heterocycles. The molecule has 0 aromatic carbocycles. The van der Waals surface area contributed by atoms with Crippen molar-refractivity contribution < 1.29 is 10.2 Å². The van der Waals surface area contributed by atoms with E-state index in [9.17, 15) is 10.2 Å². The zero-order valence-corrected chi connectivity index (χ0v) is 21.1. The summed E-state index contributed by atoms with van der Waals surface area (Å²) in [6, 6.07) is 2.29. The van der Waals surface area contributed by atoms with Gasteiger partial charge in [-0.3, -0.25) is 4.98 Å². The van der Waals surface area contributed by atoms with Crippen molar-refractivity contribution in [1.29, 1.82) is 0 Å². The van der Waals surface area contributed by atoms with Gasteiger partial charge in [0.2, 0.25) is 0 Å². The SMILES string of the molecule is CC1(O)CN(c2cnc(C(O)NC3=CNSC(c4nncn4C4CC4)=N3)cc2-n2cnc(C3CC3)c2)C1. The van der Waals surface area contributed by atoms with Gasteiger partial charge in [0.1, 0.15) is 12.1 Å². The minimum absolute atomic E-state index is 0.432. The number of anilines is 1. The molecule has 12 nitrogen and oxygen atoms in total. The maximum Gasteiger partial charge on any atom is 0.191 e. The van der Waals surface area contributed by atoms with Crippen LogP contribution in [0.2, 0.25) is 0 Å². The maximum atomic E-state index is 11.1. The number of aliphatic hydroxyl groups is 2. The van der Waals surface area contributed by atoms with Crippen molar-refractivity contribution in [3.8, 4) is 5.69 Å². The summed E-state index contributed by atoms with van der Waals surface area (Å²) >= 11 is 1.36. The fourth-order valence-corrected chi connectivity index (χ4v) is 5.43. The van der Waals surface area contributed by atoms with E-state index in [-0.39, 0.29) is 0 Å². The van der Waals surface area contributed by atoms with Gasteiger partial charge in [0.15, 0.2) is 17.1 Å². The van der Waals surface area contributed by atoms with Gasteiger partial charge in [-0.05, 0) is 38.7 Å². The first-order valence-corrected chi connectivity index (χ1v) is 13.3. The molecule has 1 saturated heterocycles. The topological polar surface area (TPSA) is 142 Å². The van der Waals surface area contributed by atoms with Crippen molar-refractivity contribution >= 4 is 22.7 Å². The fraction of sp³-hybridized carbons (Fsp3) is 0.458. The van der Waals surface area contributed by atoms with Crippen molar-refractivity contribution in [3.05, 3.63) is 60.3 Å². The summed E-state index contributed by atoms with van der Waals surface area (Å²) in [6.45, 7) is 2.86. The Kier molecular flexibility index (Phi) is 5.27. The number of imidazole rings is 1. The monoisotopic (exact) mass is 520 g/mol. The molecule has 3 aromatic rings. The molecule has 2 aliphatic carbocycles. The third-order valence-corrected chi connectivity index (χ3v) is 7.71. The number of rotatable bonds is 8. The second kappa shape index (κ2) is 8.57. The van der Waals surface area contributed by atoms with Gasteiger partial charge in [0.25, 0.3) is 0 Å². The highest BCUT2D eigenvalue weighted by Crippen LogP contribution is 2.40. The van der Waals surface area contributed by atoms with Crippen LogP contribution in [0.25, 0.3) is 5.69 Å². The van der Waals surface area contributed by atoms with Crippen molar-refractivity contribution in [3.63, 3.8) is 0 Å². The van der Waals surface area contributed by atoms with E-state index in [0.29, 0.717) is 47.4 Å². The van der Waals surface area contributed by atoms with E-state index in [2.05, 4.69) is 46.3 Å². The lowest BCUT2D eigenvalue weighted by Gasteiger charge is -2.46. The predicted octanol–water partition coefficient (Wildman–Crippen LogP) is 1.72. The first-order chi connectivity index (χ1) is 17.9. The van der Waals surface area contributed by atoms with Crippen LogP contribution in [-0.4, -0.2) is 63.2 Å². The average Bonchev–Trinajstić information content (AvgIpc) is 3.81. The van der Waals surface area contributed by atoms with Gasteiger partial charge in [-0.2, -0.15) is 0 Å². The number of aliphatic imine (C=N–C) groups is 1.